The summed E-state index contributed by atoms with van der Waals surface area (Å²) < 4.78 is 16.9. The molecule has 1 fully saturated rings. The highest BCUT2D eigenvalue weighted by Gasteiger charge is 2.21. The Morgan fingerprint density at radius 2 is 2.07 bits per heavy atom. The van der Waals surface area contributed by atoms with Gasteiger partial charge in [0, 0.05) is 45.3 Å². The average molecular weight is 373 g/mol. The minimum atomic E-state index is 0.344. The number of benzene rings is 1. The lowest BCUT2D eigenvalue weighted by molar-refractivity contribution is 0.00989. The van der Waals surface area contributed by atoms with E-state index in [1.807, 2.05) is 18.2 Å². The molecule has 2 aromatic rings. The van der Waals surface area contributed by atoms with Crippen LogP contribution in [-0.4, -0.2) is 56.9 Å². The molecule has 0 amide bonds. The van der Waals surface area contributed by atoms with Crippen LogP contribution in [0.15, 0.2) is 39.7 Å². The van der Waals surface area contributed by atoms with E-state index >= 15 is 0 Å². The lowest BCUT2D eigenvalue weighted by Crippen LogP contribution is -2.47. The molecule has 0 radical (unpaired) electrons. The number of hydrogen-bond donors (Lipinski definition) is 1. The van der Waals surface area contributed by atoms with Gasteiger partial charge < -0.3 is 24.1 Å². The van der Waals surface area contributed by atoms with Crippen molar-refractivity contribution in [3.8, 4) is 0 Å². The number of para-hydroxylation sites is 1. The maximum atomic E-state index is 5.95. The summed E-state index contributed by atoms with van der Waals surface area (Å²) in [5.74, 6) is 1.85. The lowest BCUT2D eigenvalue weighted by atomic mass is 10.1. The monoisotopic (exact) mass is 373 g/mol. The Hall–Kier alpha value is -2.05. The zero-order chi connectivity index (χ0) is 18.9. The quantitative estimate of drug-likeness (QED) is 0.436. The van der Waals surface area contributed by atoms with Crippen LogP contribution in [0.25, 0.3) is 11.0 Å². The molecule has 27 heavy (non-hydrogen) atoms. The van der Waals surface area contributed by atoms with Crippen molar-refractivity contribution in [2.24, 2.45) is 4.99 Å². The second-order valence-electron chi connectivity index (χ2n) is 6.82. The van der Waals surface area contributed by atoms with Crippen LogP contribution in [0.3, 0.4) is 0 Å². The summed E-state index contributed by atoms with van der Waals surface area (Å²) in [6.07, 6.45) is 3.36. The van der Waals surface area contributed by atoms with Gasteiger partial charge in [0.25, 0.3) is 0 Å². The SMILES string of the molecule is CCNC(=NCc1cc2ccccc2o1)N1CCC(OCCCOC)CC1. The number of furan rings is 1. The van der Waals surface area contributed by atoms with E-state index < -0.39 is 0 Å². The number of ether oxygens (including phenoxy) is 2. The van der Waals surface area contributed by atoms with Crippen LogP contribution in [0.2, 0.25) is 0 Å². The fraction of sp³-hybridized carbons (Fsp3) is 0.571. The van der Waals surface area contributed by atoms with Gasteiger partial charge in [0.2, 0.25) is 0 Å². The third kappa shape index (κ3) is 5.71. The Kier molecular flexibility index (Phi) is 7.54. The molecule has 1 aliphatic heterocycles. The molecule has 1 aromatic carbocycles. The van der Waals surface area contributed by atoms with E-state index in [-0.39, 0.29) is 0 Å². The second kappa shape index (κ2) is 10.3. The van der Waals surface area contributed by atoms with Gasteiger partial charge in [-0.15, -0.1) is 0 Å². The van der Waals surface area contributed by atoms with Gasteiger partial charge in [0.05, 0.1) is 6.10 Å². The van der Waals surface area contributed by atoms with Crippen molar-refractivity contribution in [1.82, 2.24) is 10.2 Å². The fourth-order valence-corrected chi connectivity index (χ4v) is 3.38. The maximum absolute atomic E-state index is 5.95. The topological polar surface area (TPSA) is 59.2 Å². The van der Waals surface area contributed by atoms with Gasteiger partial charge in [-0.3, -0.25) is 0 Å². The van der Waals surface area contributed by atoms with Gasteiger partial charge in [0.1, 0.15) is 17.9 Å². The largest absolute Gasteiger partial charge is 0.459 e. The summed E-state index contributed by atoms with van der Waals surface area (Å²) in [6, 6.07) is 10.1. The first-order valence-corrected chi connectivity index (χ1v) is 9.91. The van der Waals surface area contributed by atoms with E-state index in [1.165, 1.54) is 0 Å². The third-order valence-electron chi connectivity index (χ3n) is 4.78. The number of likely N-dealkylation sites (tertiary alicyclic amines) is 1. The molecule has 0 spiro atoms. The van der Waals surface area contributed by atoms with E-state index in [1.54, 1.807) is 7.11 Å². The lowest BCUT2D eigenvalue weighted by Gasteiger charge is -2.34. The Bertz CT molecular complexity index is 687. The van der Waals surface area contributed by atoms with E-state index in [4.69, 9.17) is 18.9 Å². The summed E-state index contributed by atoms with van der Waals surface area (Å²) in [4.78, 5) is 7.12. The summed E-state index contributed by atoms with van der Waals surface area (Å²) in [6.45, 7) is 6.96. The number of fused-ring (bicyclic) bond motifs is 1. The molecule has 0 unspecified atom stereocenters. The molecule has 1 saturated heterocycles. The number of hydrogen-bond acceptors (Lipinski definition) is 4. The van der Waals surface area contributed by atoms with Gasteiger partial charge in [0.15, 0.2) is 5.96 Å². The fourth-order valence-electron chi connectivity index (χ4n) is 3.38. The minimum Gasteiger partial charge on any atom is -0.459 e. The molecule has 6 heteroatoms. The molecule has 2 heterocycles. The van der Waals surface area contributed by atoms with E-state index in [0.717, 1.165) is 74.8 Å². The number of nitrogens with one attached hydrogen (secondary N) is 1. The first-order valence-electron chi connectivity index (χ1n) is 9.91. The van der Waals surface area contributed by atoms with Gasteiger partial charge in [-0.05, 0) is 38.3 Å². The van der Waals surface area contributed by atoms with E-state index in [0.29, 0.717) is 12.6 Å². The van der Waals surface area contributed by atoms with Crippen LogP contribution in [0.1, 0.15) is 31.9 Å². The van der Waals surface area contributed by atoms with Crippen LogP contribution in [0.4, 0.5) is 0 Å². The molecule has 1 aliphatic rings. The minimum absolute atomic E-state index is 0.344. The molecule has 0 aliphatic carbocycles. The molecular formula is C21H31N3O3. The molecule has 1 aromatic heterocycles. The highest BCUT2D eigenvalue weighted by molar-refractivity contribution is 5.80. The van der Waals surface area contributed by atoms with E-state index in [2.05, 4.69) is 29.3 Å². The van der Waals surface area contributed by atoms with Gasteiger partial charge in [-0.1, -0.05) is 18.2 Å². The average Bonchev–Trinajstić information content (AvgIpc) is 3.12. The van der Waals surface area contributed by atoms with Crippen molar-refractivity contribution in [2.75, 3.05) is 40.0 Å². The molecule has 1 N–H and O–H groups in total. The Morgan fingerprint density at radius 1 is 1.26 bits per heavy atom. The predicted octanol–water partition coefficient (Wildman–Crippen LogP) is 3.42. The number of nitrogens with zero attached hydrogens (tertiary/aromatic N) is 2. The number of guanidine groups is 1. The Balaban J connectivity index is 1.53. The number of rotatable bonds is 8. The summed E-state index contributed by atoms with van der Waals surface area (Å²) in [5, 5.41) is 4.53. The van der Waals surface area contributed by atoms with Crippen LogP contribution in [0, 0.1) is 0 Å². The molecular weight excluding hydrogens is 342 g/mol. The number of methoxy groups -OCH3 is 1. The van der Waals surface area contributed by atoms with Gasteiger partial charge >= 0.3 is 0 Å². The van der Waals surface area contributed by atoms with E-state index in [9.17, 15) is 0 Å². The summed E-state index contributed by atoms with van der Waals surface area (Å²) in [5.41, 5.74) is 0.916. The summed E-state index contributed by atoms with van der Waals surface area (Å²) in [7, 11) is 1.73. The van der Waals surface area contributed by atoms with Crippen molar-refractivity contribution in [2.45, 2.75) is 38.8 Å². The molecule has 0 bridgehead atoms. The Morgan fingerprint density at radius 3 is 2.81 bits per heavy atom. The van der Waals surface area contributed by atoms with Gasteiger partial charge in [-0.25, -0.2) is 4.99 Å². The number of aliphatic imine (C=N–C) groups is 1. The van der Waals surface area contributed by atoms with Crippen LogP contribution >= 0.6 is 0 Å². The van der Waals surface area contributed by atoms with Crippen molar-refractivity contribution in [3.05, 3.63) is 36.1 Å². The van der Waals surface area contributed by atoms with Gasteiger partial charge in [-0.2, -0.15) is 0 Å². The summed E-state index contributed by atoms with van der Waals surface area (Å²) >= 11 is 0. The van der Waals surface area contributed by atoms with Crippen LogP contribution in [0.5, 0.6) is 0 Å². The van der Waals surface area contributed by atoms with Crippen molar-refractivity contribution < 1.29 is 13.9 Å². The predicted molar refractivity (Wildman–Crippen MR) is 108 cm³/mol. The molecule has 148 valence electrons. The zero-order valence-electron chi connectivity index (χ0n) is 16.4. The van der Waals surface area contributed by atoms with Crippen LogP contribution < -0.4 is 5.32 Å². The molecule has 0 saturated carbocycles. The smallest absolute Gasteiger partial charge is 0.194 e. The van der Waals surface area contributed by atoms with Crippen molar-refractivity contribution >= 4 is 16.9 Å². The van der Waals surface area contributed by atoms with Crippen molar-refractivity contribution in [1.29, 1.82) is 0 Å². The molecule has 3 rings (SSSR count). The highest BCUT2D eigenvalue weighted by Crippen LogP contribution is 2.20. The zero-order valence-corrected chi connectivity index (χ0v) is 16.4. The maximum Gasteiger partial charge on any atom is 0.194 e. The molecule has 6 nitrogen and oxygen atoms in total. The first kappa shape index (κ1) is 19.7. The third-order valence-corrected chi connectivity index (χ3v) is 4.78. The highest BCUT2D eigenvalue weighted by atomic mass is 16.5. The Labute approximate surface area is 161 Å². The second-order valence-corrected chi connectivity index (χ2v) is 6.82. The first-order chi connectivity index (χ1) is 13.3. The normalized spacial score (nSPS) is 16.2. The van der Waals surface area contributed by atoms with Crippen LogP contribution in [-0.2, 0) is 16.0 Å². The standard InChI is InChI=1S/C21H31N3O3/c1-3-22-21(23-16-19-15-17-7-4-5-8-20(17)27-19)24-11-9-18(10-12-24)26-14-6-13-25-2/h4-5,7-8,15,18H,3,6,9-14,16H2,1-2H3,(H,22,23). The number of piperidine rings is 1. The van der Waals surface area contributed by atoms with Crippen molar-refractivity contribution in [3.63, 3.8) is 0 Å². The molecule has 0 atom stereocenters.